The predicted molar refractivity (Wildman–Crippen MR) is 64.4 cm³/mol. The van der Waals surface area contributed by atoms with Gasteiger partial charge in [0.2, 0.25) is 11.8 Å². The summed E-state index contributed by atoms with van der Waals surface area (Å²) in [7, 11) is 1.51. The van der Waals surface area contributed by atoms with Crippen molar-refractivity contribution in [3.8, 4) is 6.07 Å². The predicted octanol–water partition coefficient (Wildman–Crippen LogP) is -0.0987. The van der Waals surface area contributed by atoms with Crippen molar-refractivity contribution < 1.29 is 14.3 Å². The van der Waals surface area contributed by atoms with E-state index in [1.165, 1.54) is 7.11 Å². The summed E-state index contributed by atoms with van der Waals surface area (Å²) in [4.78, 5) is 24.5. The third-order valence-electron chi connectivity index (χ3n) is 3.06. The highest BCUT2D eigenvalue weighted by atomic mass is 16.5. The summed E-state index contributed by atoms with van der Waals surface area (Å²) in [6.07, 6.45) is 1.66. The average molecular weight is 253 g/mol. The van der Waals surface area contributed by atoms with Crippen LogP contribution in [0.25, 0.3) is 0 Å². The molecule has 0 spiro atoms. The molecule has 1 aliphatic rings. The number of nitrogens with zero attached hydrogens (tertiary/aromatic N) is 2. The van der Waals surface area contributed by atoms with Gasteiger partial charge in [0.25, 0.3) is 0 Å². The third-order valence-corrected chi connectivity index (χ3v) is 3.06. The molecular weight excluding hydrogens is 234 g/mol. The molecule has 18 heavy (non-hydrogen) atoms. The molecule has 1 heterocycles. The maximum absolute atomic E-state index is 11.6. The van der Waals surface area contributed by atoms with Gasteiger partial charge >= 0.3 is 0 Å². The molecule has 0 atom stereocenters. The van der Waals surface area contributed by atoms with Crippen LogP contribution in [0.4, 0.5) is 0 Å². The zero-order valence-electron chi connectivity index (χ0n) is 10.6. The molecule has 0 aromatic carbocycles. The van der Waals surface area contributed by atoms with Crippen molar-refractivity contribution >= 4 is 11.8 Å². The molecule has 0 aromatic rings. The number of rotatable bonds is 5. The highest BCUT2D eigenvalue weighted by molar-refractivity contribution is 5.78. The van der Waals surface area contributed by atoms with Crippen LogP contribution in [0.15, 0.2) is 0 Å². The van der Waals surface area contributed by atoms with Gasteiger partial charge in [0.1, 0.15) is 13.0 Å². The number of hydrogen-bond donors (Lipinski definition) is 1. The zero-order valence-corrected chi connectivity index (χ0v) is 10.6. The van der Waals surface area contributed by atoms with E-state index in [0.29, 0.717) is 25.6 Å². The van der Waals surface area contributed by atoms with Crippen LogP contribution < -0.4 is 5.32 Å². The van der Waals surface area contributed by atoms with Gasteiger partial charge < -0.3 is 15.0 Å². The molecule has 0 bridgehead atoms. The highest BCUT2D eigenvalue weighted by Crippen LogP contribution is 2.16. The summed E-state index contributed by atoms with van der Waals surface area (Å²) in [6.45, 7) is 2.14. The number of carbonyl (C=O) groups excluding carboxylic acids is 2. The molecule has 2 amide bonds. The maximum Gasteiger partial charge on any atom is 0.248 e. The van der Waals surface area contributed by atoms with Crippen molar-refractivity contribution in [2.45, 2.75) is 19.3 Å². The van der Waals surface area contributed by atoms with Crippen LogP contribution in [0.2, 0.25) is 0 Å². The SMILES string of the molecule is COCC(=O)N1CCC(CNC(=O)CC#N)CC1. The first-order chi connectivity index (χ1) is 8.67. The van der Waals surface area contributed by atoms with E-state index in [1.807, 2.05) is 6.07 Å². The quantitative estimate of drug-likeness (QED) is 0.741. The van der Waals surface area contributed by atoms with Gasteiger partial charge in [0.05, 0.1) is 6.07 Å². The normalized spacial score (nSPS) is 16.1. The molecule has 1 aliphatic heterocycles. The zero-order chi connectivity index (χ0) is 13.4. The summed E-state index contributed by atoms with van der Waals surface area (Å²) < 4.78 is 4.81. The van der Waals surface area contributed by atoms with Crippen LogP contribution in [-0.4, -0.2) is 50.1 Å². The molecule has 100 valence electrons. The van der Waals surface area contributed by atoms with Crippen LogP contribution in [0, 0.1) is 17.2 Å². The van der Waals surface area contributed by atoms with E-state index in [-0.39, 0.29) is 24.8 Å². The van der Waals surface area contributed by atoms with Gasteiger partial charge in [0.15, 0.2) is 0 Å². The largest absolute Gasteiger partial charge is 0.375 e. The van der Waals surface area contributed by atoms with E-state index >= 15 is 0 Å². The Morgan fingerprint density at radius 1 is 1.44 bits per heavy atom. The van der Waals surface area contributed by atoms with Crippen LogP contribution in [0.5, 0.6) is 0 Å². The van der Waals surface area contributed by atoms with E-state index in [9.17, 15) is 9.59 Å². The highest BCUT2D eigenvalue weighted by Gasteiger charge is 2.22. The Labute approximate surface area is 107 Å². The molecule has 1 N–H and O–H groups in total. The molecular formula is C12H19N3O3. The standard InChI is InChI=1S/C12H19N3O3/c1-18-9-12(17)15-6-3-10(4-7-15)8-14-11(16)2-5-13/h10H,2-4,6-9H2,1H3,(H,14,16). The van der Waals surface area contributed by atoms with Gasteiger partial charge in [0, 0.05) is 26.7 Å². The minimum absolute atomic E-state index is 0.0180. The van der Waals surface area contributed by atoms with Crippen molar-refractivity contribution in [2.75, 3.05) is 33.4 Å². The Balaban J connectivity index is 2.21. The number of nitriles is 1. The molecule has 6 heteroatoms. The number of hydrogen-bond acceptors (Lipinski definition) is 4. The average Bonchev–Trinajstić information content (AvgIpc) is 2.37. The Hall–Kier alpha value is -1.61. The van der Waals surface area contributed by atoms with Crippen molar-refractivity contribution in [1.82, 2.24) is 10.2 Å². The lowest BCUT2D eigenvalue weighted by Crippen LogP contribution is -2.42. The number of nitrogens with one attached hydrogen (secondary N) is 1. The molecule has 0 radical (unpaired) electrons. The molecule has 1 saturated heterocycles. The lowest BCUT2D eigenvalue weighted by atomic mass is 9.96. The van der Waals surface area contributed by atoms with Crippen molar-refractivity contribution in [2.24, 2.45) is 5.92 Å². The summed E-state index contributed by atoms with van der Waals surface area (Å²) in [6, 6.07) is 1.81. The molecule has 0 aliphatic carbocycles. The summed E-state index contributed by atoms with van der Waals surface area (Å²) in [5.74, 6) is 0.180. The minimum Gasteiger partial charge on any atom is -0.375 e. The number of methoxy groups -OCH3 is 1. The summed E-state index contributed by atoms with van der Waals surface area (Å²) >= 11 is 0. The van der Waals surface area contributed by atoms with Crippen molar-refractivity contribution in [1.29, 1.82) is 5.26 Å². The first kappa shape index (κ1) is 14.5. The van der Waals surface area contributed by atoms with E-state index in [4.69, 9.17) is 10.00 Å². The van der Waals surface area contributed by atoms with Gasteiger partial charge in [-0.3, -0.25) is 9.59 Å². The molecule has 1 rings (SSSR count). The molecule has 0 aromatic heterocycles. The molecule has 6 nitrogen and oxygen atoms in total. The fraction of sp³-hybridized carbons (Fsp3) is 0.750. The monoisotopic (exact) mass is 253 g/mol. The topological polar surface area (TPSA) is 82.4 Å². The van der Waals surface area contributed by atoms with Gasteiger partial charge in [-0.25, -0.2) is 0 Å². The van der Waals surface area contributed by atoms with E-state index in [1.54, 1.807) is 4.90 Å². The summed E-state index contributed by atoms with van der Waals surface area (Å²) in [5, 5.41) is 11.1. The first-order valence-corrected chi connectivity index (χ1v) is 6.07. The molecule has 0 saturated carbocycles. The van der Waals surface area contributed by atoms with Gasteiger partial charge in [-0.1, -0.05) is 0 Å². The van der Waals surface area contributed by atoms with Crippen LogP contribution in [0.1, 0.15) is 19.3 Å². The van der Waals surface area contributed by atoms with Crippen molar-refractivity contribution in [3.05, 3.63) is 0 Å². The van der Waals surface area contributed by atoms with Gasteiger partial charge in [-0.05, 0) is 18.8 Å². The third kappa shape index (κ3) is 4.72. The smallest absolute Gasteiger partial charge is 0.248 e. The molecule has 0 unspecified atom stereocenters. The number of piperidine rings is 1. The van der Waals surface area contributed by atoms with Crippen LogP contribution in [-0.2, 0) is 14.3 Å². The lowest BCUT2D eigenvalue weighted by Gasteiger charge is -2.31. The second-order valence-electron chi connectivity index (χ2n) is 4.40. The Kier molecular flexibility index (Phi) is 6.15. The maximum atomic E-state index is 11.6. The summed E-state index contributed by atoms with van der Waals surface area (Å²) in [5.41, 5.74) is 0. The minimum atomic E-state index is -0.226. The molecule has 1 fully saturated rings. The van der Waals surface area contributed by atoms with E-state index in [0.717, 1.165) is 12.8 Å². The van der Waals surface area contributed by atoms with Gasteiger partial charge in [-0.15, -0.1) is 0 Å². The number of likely N-dealkylation sites (tertiary alicyclic amines) is 1. The van der Waals surface area contributed by atoms with Crippen molar-refractivity contribution in [3.63, 3.8) is 0 Å². The number of amides is 2. The Morgan fingerprint density at radius 2 is 2.11 bits per heavy atom. The second-order valence-corrected chi connectivity index (χ2v) is 4.40. The van der Waals surface area contributed by atoms with E-state index < -0.39 is 0 Å². The Bertz CT molecular complexity index is 330. The fourth-order valence-corrected chi connectivity index (χ4v) is 1.99. The van der Waals surface area contributed by atoms with Crippen LogP contribution in [0.3, 0.4) is 0 Å². The number of carbonyl (C=O) groups is 2. The lowest BCUT2D eigenvalue weighted by molar-refractivity contribution is -0.136. The second kappa shape index (κ2) is 7.67. The Morgan fingerprint density at radius 3 is 2.67 bits per heavy atom. The van der Waals surface area contributed by atoms with Gasteiger partial charge in [-0.2, -0.15) is 5.26 Å². The fourth-order valence-electron chi connectivity index (χ4n) is 1.99. The first-order valence-electron chi connectivity index (χ1n) is 6.07. The number of ether oxygens (including phenoxy) is 1. The van der Waals surface area contributed by atoms with Crippen LogP contribution >= 0.6 is 0 Å². The van der Waals surface area contributed by atoms with E-state index in [2.05, 4.69) is 5.32 Å².